The summed E-state index contributed by atoms with van der Waals surface area (Å²) in [5.41, 5.74) is 1.46. The maximum absolute atomic E-state index is 13.3. The Labute approximate surface area is 201 Å². The Kier molecular flexibility index (Phi) is 8.52. The van der Waals surface area contributed by atoms with Crippen LogP contribution in [0.1, 0.15) is 34.6 Å². The summed E-state index contributed by atoms with van der Waals surface area (Å²) in [6.45, 7) is 5.90. The van der Waals surface area contributed by atoms with Crippen molar-refractivity contribution in [3.8, 4) is 11.5 Å². The van der Waals surface area contributed by atoms with Crippen molar-refractivity contribution in [2.45, 2.75) is 26.0 Å². The lowest BCUT2D eigenvalue weighted by atomic mass is 10.0. The van der Waals surface area contributed by atoms with Crippen LogP contribution in [0.25, 0.3) is 0 Å². The van der Waals surface area contributed by atoms with Gasteiger partial charge in [0.15, 0.2) is 0 Å². The fraction of sp³-hybridized carbons (Fsp3) is 0.462. The molecule has 34 heavy (non-hydrogen) atoms. The van der Waals surface area contributed by atoms with E-state index in [0.29, 0.717) is 41.5 Å². The Hall–Kier alpha value is -3.10. The number of methoxy groups -OCH3 is 2. The molecule has 0 fully saturated rings. The van der Waals surface area contributed by atoms with E-state index >= 15 is 0 Å². The molecule has 2 aromatic carbocycles. The SMILES string of the molecule is COc1cccc(C(=O)Nc2ccc3c(c2)OC[C@@H](C)N(C)C[C@H](C)[C@H](OC)CN(C)C3=O)c1. The number of fused-ring (bicyclic) bond motifs is 1. The lowest BCUT2D eigenvalue weighted by molar-refractivity contribution is 0.0150. The molecule has 0 bridgehead atoms. The second kappa shape index (κ2) is 11.4. The van der Waals surface area contributed by atoms with Crippen LogP contribution in [-0.2, 0) is 4.74 Å². The third kappa shape index (κ3) is 6.07. The van der Waals surface area contributed by atoms with Gasteiger partial charge in [0.1, 0.15) is 18.1 Å². The predicted octanol–water partition coefficient (Wildman–Crippen LogP) is 3.38. The number of likely N-dealkylation sites (N-methyl/N-ethyl adjacent to an activating group) is 2. The van der Waals surface area contributed by atoms with Gasteiger partial charge < -0.3 is 24.4 Å². The maximum Gasteiger partial charge on any atom is 0.257 e. The van der Waals surface area contributed by atoms with Crippen LogP contribution in [0.15, 0.2) is 42.5 Å². The van der Waals surface area contributed by atoms with Crippen molar-refractivity contribution in [3.63, 3.8) is 0 Å². The summed E-state index contributed by atoms with van der Waals surface area (Å²) in [6, 6.07) is 12.2. The number of anilines is 1. The van der Waals surface area contributed by atoms with Gasteiger partial charge in [0, 0.05) is 50.6 Å². The zero-order chi connectivity index (χ0) is 24.8. The molecule has 0 unspecified atom stereocenters. The molecule has 1 N–H and O–H groups in total. The zero-order valence-electron chi connectivity index (χ0n) is 20.8. The van der Waals surface area contributed by atoms with E-state index in [9.17, 15) is 9.59 Å². The van der Waals surface area contributed by atoms with Crippen molar-refractivity contribution in [2.75, 3.05) is 53.3 Å². The van der Waals surface area contributed by atoms with Crippen LogP contribution >= 0.6 is 0 Å². The Morgan fingerprint density at radius 1 is 1.09 bits per heavy atom. The quantitative estimate of drug-likeness (QED) is 0.740. The maximum atomic E-state index is 13.3. The molecule has 0 aromatic heterocycles. The molecular weight excluding hydrogens is 434 g/mol. The first-order valence-electron chi connectivity index (χ1n) is 11.4. The van der Waals surface area contributed by atoms with Crippen molar-refractivity contribution < 1.29 is 23.8 Å². The van der Waals surface area contributed by atoms with E-state index in [1.807, 2.05) is 0 Å². The Bertz CT molecular complexity index is 1010. The van der Waals surface area contributed by atoms with Gasteiger partial charge in [0.25, 0.3) is 11.8 Å². The molecule has 184 valence electrons. The summed E-state index contributed by atoms with van der Waals surface area (Å²) in [4.78, 5) is 29.9. The number of benzene rings is 2. The molecule has 0 saturated carbocycles. The summed E-state index contributed by atoms with van der Waals surface area (Å²) in [6.07, 6.45) is -0.0891. The molecule has 1 aliphatic rings. The summed E-state index contributed by atoms with van der Waals surface area (Å²) < 4.78 is 17.0. The van der Waals surface area contributed by atoms with E-state index in [-0.39, 0.29) is 29.9 Å². The fourth-order valence-corrected chi connectivity index (χ4v) is 4.00. The second-order valence-corrected chi connectivity index (χ2v) is 8.93. The molecule has 8 nitrogen and oxygen atoms in total. The van der Waals surface area contributed by atoms with Gasteiger partial charge in [-0.25, -0.2) is 0 Å². The highest BCUT2D eigenvalue weighted by molar-refractivity contribution is 6.05. The van der Waals surface area contributed by atoms with Crippen LogP contribution in [0.2, 0.25) is 0 Å². The largest absolute Gasteiger partial charge is 0.497 e. The van der Waals surface area contributed by atoms with Crippen molar-refractivity contribution >= 4 is 17.5 Å². The van der Waals surface area contributed by atoms with Gasteiger partial charge in [-0.15, -0.1) is 0 Å². The third-order valence-corrected chi connectivity index (χ3v) is 6.35. The topological polar surface area (TPSA) is 80.3 Å². The van der Waals surface area contributed by atoms with Crippen molar-refractivity contribution in [1.82, 2.24) is 9.80 Å². The van der Waals surface area contributed by atoms with Crippen LogP contribution in [0.5, 0.6) is 11.5 Å². The summed E-state index contributed by atoms with van der Waals surface area (Å²) in [5, 5.41) is 2.88. The minimum atomic E-state index is -0.277. The van der Waals surface area contributed by atoms with E-state index in [0.717, 1.165) is 6.54 Å². The second-order valence-electron chi connectivity index (χ2n) is 8.93. The van der Waals surface area contributed by atoms with Crippen LogP contribution in [0, 0.1) is 5.92 Å². The van der Waals surface area contributed by atoms with Crippen LogP contribution in [-0.4, -0.2) is 81.8 Å². The molecule has 8 heteroatoms. The Morgan fingerprint density at radius 2 is 1.85 bits per heavy atom. The number of hydrogen-bond acceptors (Lipinski definition) is 6. The number of ether oxygens (including phenoxy) is 3. The van der Waals surface area contributed by atoms with Crippen molar-refractivity contribution in [3.05, 3.63) is 53.6 Å². The molecule has 0 spiro atoms. The lowest BCUT2D eigenvalue weighted by Crippen LogP contribution is -2.45. The highest BCUT2D eigenvalue weighted by Gasteiger charge is 2.27. The van der Waals surface area contributed by atoms with Gasteiger partial charge in [-0.2, -0.15) is 0 Å². The van der Waals surface area contributed by atoms with E-state index < -0.39 is 0 Å². The summed E-state index contributed by atoms with van der Waals surface area (Å²) >= 11 is 0. The number of carbonyl (C=O) groups excluding carboxylic acids is 2. The molecular formula is C26H35N3O5. The third-order valence-electron chi connectivity index (χ3n) is 6.35. The van der Waals surface area contributed by atoms with E-state index in [4.69, 9.17) is 14.2 Å². The molecule has 3 rings (SSSR count). The van der Waals surface area contributed by atoms with Gasteiger partial charge in [-0.1, -0.05) is 13.0 Å². The van der Waals surface area contributed by atoms with Crippen molar-refractivity contribution in [2.24, 2.45) is 5.92 Å². The molecule has 0 radical (unpaired) electrons. The van der Waals surface area contributed by atoms with Crippen molar-refractivity contribution in [1.29, 1.82) is 0 Å². The number of hydrogen-bond donors (Lipinski definition) is 1. The molecule has 3 atom stereocenters. The average molecular weight is 470 g/mol. The zero-order valence-corrected chi connectivity index (χ0v) is 20.8. The highest BCUT2D eigenvalue weighted by atomic mass is 16.5. The van der Waals surface area contributed by atoms with Gasteiger partial charge in [-0.05, 0) is 50.2 Å². The van der Waals surface area contributed by atoms with Gasteiger partial charge in [0.2, 0.25) is 0 Å². The van der Waals surface area contributed by atoms with Gasteiger partial charge in [-0.3, -0.25) is 14.5 Å². The number of nitrogens with one attached hydrogen (secondary N) is 1. The number of rotatable bonds is 4. The molecule has 0 aliphatic carbocycles. The standard InChI is InChI=1S/C26H35N3O5/c1-17-14-28(3)18(2)16-34-23-13-20(27-25(30)19-8-7-9-21(12-19)32-5)10-11-22(23)26(31)29(4)15-24(17)33-6/h7-13,17-18,24H,14-16H2,1-6H3,(H,27,30)/t17-,18+,24+/m0/s1. The Balaban J connectivity index is 1.89. The van der Waals surface area contributed by atoms with E-state index in [2.05, 4.69) is 31.1 Å². The monoisotopic (exact) mass is 469 g/mol. The van der Waals surface area contributed by atoms with E-state index in [1.54, 1.807) is 68.6 Å². The molecule has 1 aliphatic heterocycles. The molecule has 2 amide bonds. The predicted molar refractivity (Wildman–Crippen MR) is 132 cm³/mol. The first kappa shape index (κ1) is 25.5. The van der Waals surface area contributed by atoms with Gasteiger partial charge >= 0.3 is 0 Å². The molecule has 1 heterocycles. The minimum absolute atomic E-state index is 0.0891. The molecule has 2 aromatic rings. The normalized spacial score (nSPS) is 22.1. The minimum Gasteiger partial charge on any atom is -0.497 e. The van der Waals surface area contributed by atoms with E-state index in [1.165, 1.54) is 0 Å². The Morgan fingerprint density at radius 3 is 2.56 bits per heavy atom. The fourth-order valence-electron chi connectivity index (χ4n) is 4.00. The lowest BCUT2D eigenvalue weighted by Gasteiger charge is -2.34. The number of nitrogens with zero attached hydrogens (tertiary/aromatic N) is 2. The highest BCUT2D eigenvalue weighted by Crippen LogP contribution is 2.27. The van der Waals surface area contributed by atoms with Crippen LogP contribution in [0.3, 0.4) is 0 Å². The first-order chi connectivity index (χ1) is 16.2. The van der Waals surface area contributed by atoms with Crippen LogP contribution < -0.4 is 14.8 Å². The van der Waals surface area contributed by atoms with Gasteiger partial charge in [0.05, 0.1) is 18.8 Å². The number of amides is 2. The molecule has 0 saturated heterocycles. The first-order valence-corrected chi connectivity index (χ1v) is 11.4. The van der Waals surface area contributed by atoms with Crippen LogP contribution in [0.4, 0.5) is 5.69 Å². The average Bonchev–Trinajstić information content (AvgIpc) is 2.84. The summed E-state index contributed by atoms with van der Waals surface area (Å²) in [5.74, 6) is 0.838. The summed E-state index contributed by atoms with van der Waals surface area (Å²) in [7, 11) is 7.06. The smallest absolute Gasteiger partial charge is 0.257 e. The number of carbonyl (C=O) groups is 2.